The molecule has 1 atom stereocenters. The van der Waals surface area contributed by atoms with Gasteiger partial charge in [0.05, 0.1) is 10.0 Å². The van der Waals surface area contributed by atoms with Gasteiger partial charge >= 0.3 is 0 Å². The Morgan fingerprint density at radius 3 is 2.40 bits per heavy atom. The molecule has 0 aliphatic heterocycles. The second kappa shape index (κ2) is 7.55. The zero-order valence-electron chi connectivity index (χ0n) is 12.1. The first-order valence-corrected chi connectivity index (χ1v) is 7.27. The van der Waals surface area contributed by atoms with Gasteiger partial charge in [0.25, 0.3) is 0 Å². The third-order valence-electron chi connectivity index (χ3n) is 2.45. The molecule has 1 aromatic rings. The zero-order valence-corrected chi connectivity index (χ0v) is 13.6. The molecule has 7 heteroatoms. The predicted molar refractivity (Wildman–Crippen MR) is 84.8 cm³/mol. The molecule has 0 radical (unpaired) electrons. The van der Waals surface area contributed by atoms with Crippen LogP contribution in [-0.4, -0.2) is 29.5 Å². The predicted octanol–water partition coefficient (Wildman–Crippen LogP) is 3.15. The number of nitrogens with one attached hydrogen (secondary N) is 3. The van der Waals surface area contributed by atoms with E-state index in [1.165, 1.54) is 0 Å². The van der Waals surface area contributed by atoms with Crippen molar-refractivity contribution in [3.05, 3.63) is 16.1 Å². The first-order chi connectivity index (χ1) is 9.35. The Hall–Kier alpha value is -1.20. The van der Waals surface area contributed by atoms with E-state index >= 15 is 0 Å². The van der Waals surface area contributed by atoms with Crippen LogP contribution in [-0.2, 0) is 4.79 Å². The maximum Gasteiger partial charge on any atom is 0.242 e. The van der Waals surface area contributed by atoms with Crippen LogP contribution in [0.3, 0.4) is 0 Å². The van der Waals surface area contributed by atoms with Crippen LogP contribution in [0.2, 0.25) is 10.0 Å². The van der Waals surface area contributed by atoms with Crippen LogP contribution in [0.15, 0.2) is 6.07 Å². The number of amides is 1. The van der Waals surface area contributed by atoms with Crippen molar-refractivity contribution in [2.24, 2.45) is 0 Å². The van der Waals surface area contributed by atoms with E-state index in [0.717, 1.165) is 0 Å². The van der Waals surface area contributed by atoms with Gasteiger partial charge in [0.1, 0.15) is 17.7 Å². The third-order valence-corrected chi connectivity index (χ3v) is 3.03. The van der Waals surface area contributed by atoms with Crippen molar-refractivity contribution in [1.29, 1.82) is 0 Å². The van der Waals surface area contributed by atoms with Gasteiger partial charge in [0.2, 0.25) is 5.91 Å². The van der Waals surface area contributed by atoms with Crippen LogP contribution in [0.5, 0.6) is 0 Å². The van der Waals surface area contributed by atoms with Crippen molar-refractivity contribution in [3.63, 3.8) is 0 Å². The minimum atomic E-state index is -0.446. The number of halogens is 2. The van der Waals surface area contributed by atoms with E-state index in [0.29, 0.717) is 28.2 Å². The first kappa shape index (κ1) is 16.9. The fourth-order valence-corrected chi connectivity index (χ4v) is 2.02. The highest BCUT2D eigenvalue weighted by Crippen LogP contribution is 2.29. The zero-order chi connectivity index (χ0) is 15.3. The fourth-order valence-electron chi connectivity index (χ4n) is 1.54. The minimum absolute atomic E-state index is 0.0812. The monoisotopic (exact) mass is 318 g/mol. The SMILES string of the molecule is CCNc1nc(NC(C)C(=O)NC(C)C)c(Cl)cc1Cl. The number of nitrogens with zero attached hydrogens (tertiary/aromatic N) is 1. The Kier molecular flexibility index (Phi) is 6.36. The lowest BCUT2D eigenvalue weighted by atomic mass is 10.2. The highest BCUT2D eigenvalue weighted by atomic mass is 35.5. The average Bonchev–Trinajstić information content (AvgIpc) is 2.34. The molecule has 3 N–H and O–H groups in total. The van der Waals surface area contributed by atoms with Crippen LogP contribution in [0.1, 0.15) is 27.7 Å². The van der Waals surface area contributed by atoms with Crippen molar-refractivity contribution in [2.45, 2.75) is 39.8 Å². The standard InChI is InChI=1S/C13H20Cl2N4O/c1-5-16-11-9(14)6-10(15)12(19-11)18-8(4)13(20)17-7(2)3/h6-8H,5H2,1-4H3,(H,17,20)(H2,16,18,19). The van der Waals surface area contributed by atoms with Crippen molar-refractivity contribution in [3.8, 4) is 0 Å². The maximum atomic E-state index is 11.9. The molecule has 0 aromatic carbocycles. The lowest BCUT2D eigenvalue weighted by Crippen LogP contribution is -2.41. The van der Waals surface area contributed by atoms with Gasteiger partial charge < -0.3 is 16.0 Å². The number of carbonyl (C=O) groups is 1. The summed E-state index contributed by atoms with van der Waals surface area (Å²) in [5.74, 6) is 0.855. The summed E-state index contributed by atoms with van der Waals surface area (Å²) < 4.78 is 0. The van der Waals surface area contributed by atoms with Crippen LogP contribution >= 0.6 is 23.2 Å². The highest BCUT2D eigenvalue weighted by Gasteiger charge is 2.16. The van der Waals surface area contributed by atoms with Gasteiger partial charge in [-0.2, -0.15) is 0 Å². The summed E-state index contributed by atoms with van der Waals surface area (Å²) >= 11 is 12.1. The second-order valence-electron chi connectivity index (χ2n) is 4.71. The molecular weight excluding hydrogens is 299 g/mol. The quantitative estimate of drug-likeness (QED) is 0.753. The minimum Gasteiger partial charge on any atom is -0.369 e. The van der Waals surface area contributed by atoms with Gasteiger partial charge in [-0.15, -0.1) is 0 Å². The summed E-state index contributed by atoms with van der Waals surface area (Å²) in [5.41, 5.74) is 0. The molecule has 0 saturated carbocycles. The molecule has 0 aliphatic rings. The van der Waals surface area contributed by atoms with Gasteiger partial charge in [-0.05, 0) is 33.8 Å². The smallest absolute Gasteiger partial charge is 0.242 e. The van der Waals surface area contributed by atoms with Crippen LogP contribution in [0.4, 0.5) is 11.6 Å². The van der Waals surface area contributed by atoms with E-state index in [2.05, 4.69) is 20.9 Å². The molecule has 112 valence electrons. The number of hydrogen-bond donors (Lipinski definition) is 3. The molecule has 20 heavy (non-hydrogen) atoms. The number of carbonyl (C=O) groups excluding carboxylic acids is 1. The van der Waals surface area contributed by atoms with Crippen LogP contribution in [0.25, 0.3) is 0 Å². The molecule has 1 unspecified atom stereocenters. The topological polar surface area (TPSA) is 66.0 Å². The van der Waals surface area contributed by atoms with Crippen molar-refractivity contribution in [2.75, 3.05) is 17.2 Å². The number of aromatic nitrogens is 1. The lowest BCUT2D eigenvalue weighted by molar-refractivity contribution is -0.122. The lowest BCUT2D eigenvalue weighted by Gasteiger charge is -2.18. The normalized spacial score (nSPS) is 12.2. The highest BCUT2D eigenvalue weighted by molar-refractivity contribution is 6.37. The Morgan fingerprint density at radius 2 is 1.85 bits per heavy atom. The van der Waals surface area contributed by atoms with E-state index in [1.54, 1.807) is 13.0 Å². The summed E-state index contributed by atoms with van der Waals surface area (Å²) in [4.78, 5) is 16.2. The summed E-state index contributed by atoms with van der Waals surface area (Å²) in [6.07, 6.45) is 0. The number of pyridine rings is 1. The summed E-state index contributed by atoms with van der Waals surface area (Å²) in [6.45, 7) is 8.19. The Balaban J connectivity index is 2.86. The van der Waals surface area contributed by atoms with Gasteiger partial charge in [-0.1, -0.05) is 23.2 Å². The molecule has 0 spiro atoms. The van der Waals surface area contributed by atoms with E-state index in [9.17, 15) is 4.79 Å². The molecule has 1 aromatic heterocycles. The largest absolute Gasteiger partial charge is 0.369 e. The van der Waals surface area contributed by atoms with E-state index in [1.807, 2.05) is 20.8 Å². The van der Waals surface area contributed by atoms with Crippen molar-refractivity contribution in [1.82, 2.24) is 10.3 Å². The summed E-state index contributed by atoms with van der Waals surface area (Å²) in [5, 5.41) is 9.66. The number of hydrogen-bond acceptors (Lipinski definition) is 4. The number of rotatable bonds is 6. The molecule has 5 nitrogen and oxygen atoms in total. The van der Waals surface area contributed by atoms with Crippen LogP contribution in [0, 0.1) is 0 Å². The van der Waals surface area contributed by atoms with E-state index in [4.69, 9.17) is 23.2 Å². The molecule has 0 bridgehead atoms. The first-order valence-electron chi connectivity index (χ1n) is 6.52. The van der Waals surface area contributed by atoms with Gasteiger partial charge in [-0.3, -0.25) is 4.79 Å². The third kappa shape index (κ3) is 4.72. The molecular formula is C13H20Cl2N4O. The second-order valence-corrected chi connectivity index (χ2v) is 5.52. The Morgan fingerprint density at radius 1 is 1.25 bits per heavy atom. The molecule has 0 fully saturated rings. The van der Waals surface area contributed by atoms with Crippen molar-refractivity contribution < 1.29 is 4.79 Å². The van der Waals surface area contributed by atoms with Crippen LogP contribution < -0.4 is 16.0 Å². The average molecular weight is 319 g/mol. The van der Waals surface area contributed by atoms with Crippen molar-refractivity contribution >= 4 is 40.7 Å². The Bertz CT molecular complexity index is 480. The van der Waals surface area contributed by atoms with Gasteiger partial charge in [0, 0.05) is 12.6 Å². The van der Waals surface area contributed by atoms with E-state index < -0.39 is 6.04 Å². The van der Waals surface area contributed by atoms with E-state index in [-0.39, 0.29) is 11.9 Å². The summed E-state index contributed by atoms with van der Waals surface area (Å²) in [6, 6.07) is 1.24. The fraction of sp³-hybridized carbons (Fsp3) is 0.538. The summed E-state index contributed by atoms with van der Waals surface area (Å²) in [7, 11) is 0. The number of anilines is 2. The van der Waals surface area contributed by atoms with Gasteiger partial charge in [0.15, 0.2) is 0 Å². The molecule has 0 aliphatic carbocycles. The molecule has 1 amide bonds. The molecule has 1 rings (SSSR count). The maximum absolute atomic E-state index is 11.9. The molecule has 0 saturated heterocycles. The van der Waals surface area contributed by atoms with Gasteiger partial charge in [-0.25, -0.2) is 4.98 Å². The molecule has 1 heterocycles. The Labute approximate surface area is 129 Å².